The van der Waals surface area contributed by atoms with E-state index in [1.54, 1.807) is 31.2 Å². The molecule has 1 N–H and O–H groups in total. The van der Waals surface area contributed by atoms with Gasteiger partial charge in [0.05, 0.1) is 11.3 Å². The predicted molar refractivity (Wildman–Crippen MR) is 67.1 cm³/mol. The van der Waals surface area contributed by atoms with Gasteiger partial charge in [0, 0.05) is 19.8 Å². The Labute approximate surface area is 110 Å². The minimum absolute atomic E-state index is 0.196. The summed E-state index contributed by atoms with van der Waals surface area (Å²) >= 11 is 0. The van der Waals surface area contributed by atoms with Crippen LogP contribution in [-0.2, 0) is 11.2 Å². The molecule has 0 unspecified atom stereocenters. The summed E-state index contributed by atoms with van der Waals surface area (Å²) in [6.45, 7) is 1.69. The Hall–Kier alpha value is -2.68. The molecule has 2 aromatic rings. The van der Waals surface area contributed by atoms with Crippen LogP contribution in [0.1, 0.15) is 23.8 Å². The highest BCUT2D eigenvalue weighted by molar-refractivity contribution is 5.92. The molecule has 1 amide bonds. The molecule has 0 fully saturated rings. The number of nitriles is 1. The van der Waals surface area contributed by atoms with Crippen LogP contribution in [0.15, 0.2) is 28.7 Å². The van der Waals surface area contributed by atoms with E-state index in [1.807, 2.05) is 6.07 Å². The summed E-state index contributed by atoms with van der Waals surface area (Å²) < 4.78 is 5.17. The first kappa shape index (κ1) is 12.8. The Bertz CT molecular complexity index is 628. The van der Waals surface area contributed by atoms with Gasteiger partial charge in [-0.05, 0) is 12.1 Å². The third-order valence-electron chi connectivity index (χ3n) is 2.46. The molecule has 6 heteroatoms. The zero-order valence-corrected chi connectivity index (χ0v) is 10.4. The van der Waals surface area contributed by atoms with Crippen molar-refractivity contribution in [1.29, 1.82) is 5.26 Å². The van der Waals surface area contributed by atoms with E-state index in [1.165, 1.54) is 0 Å². The van der Waals surface area contributed by atoms with Gasteiger partial charge >= 0.3 is 0 Å². The summed E-state index contributed by atoms with van der Waals surface area (Å²) in [6.07, 6.45) is 0.600. The van der Waals surface area contributed by atoms with Crippen molar-refractivity contribution in [3.63, 3.8) is 0 Å². The van der Waals surface area contributed by atoms with Crippen LogP contribution in [0.4, 0.5) is 5.69 Å². The first-order valence-electron chi connectivity index (χ1n) is 5.77. The topological polar surface area (TPSA) is 91.8 Å². The summed E-state index contributed by atoms with van der Waals surface area (Å²) in [5.41, 5.74) is 0.946. The summed E-state index contributed by atoms with van der Waals surface area (Å²) in [5, 5.41) is 19.1. The third kappa shape index (κ3) is 3.39. The fourth-order valence-corrected chi connectivity index (χ4v) is 1.56. The van der Waals surface area contributed by atoms with Gasteiger partial charge in [-0.25, -0.2) is 0 Å². The number of carbonyl (C=O) groups is 1. The number of aryl methyl sites for hydroxylation is 2. The third-order valence-corrected chi connectivity index (χ3v) is 2.46. The molecule has 0 radical (unpaired) electrons. The normalized spacial score (nSPS) is 9.89. The van der Waals surface area contributed by atoms with Crippen LogP contribution in [0, 0.1) is 18.3 Å². The van der Waals surface area contributed by atoms with Gasteiger partial charge in [0.2, 0.25) is 17.7 Å². The number of nitrogens with one attached hydrogen (secondary N) is 1. The fraction of sp³-hybridized carbons (Fsp3) is 0.231. The second-order valence-electron chi connectivity index (χ2n) is 3.92. The standard InChI is InChI=1S/C13H12N4O2/c1-9-16-17-13(19-9)7-6-12(18)15-11-5-3-2-4-10(11)8-14/h2-5H,6-7H2,1H3,(H,15,18). The molecule has 0 saturated carbocycles. The van der Waals surface area contributed by atoms with E-state index in [9.17, 15) is 4.79 Å². The van der Waals surface area contributed by atoms with E-state index < -0.39 is 0 Å². The van der Waals surface area contributed by atoms with Crippen LogP contribution in [0.25, 0.3) is 0 Å². The Kier molecular flexibility index (Phi) is 3.88. The average Bonchev–Trinajstić information content (AvgIpc) is 2.83. The van der Waals surface area contributed by atoms with Crippen LogP contribution in [0.3, 0.4) is 0 Å². The molecule has 0 atom stereocenters. The maximum Gasteiger partial charge on any atom is 0.224 e. The molecule has 0 aliphatic rings. The highest BCUT2D eigenvalue weighted by Crippen LogP contribution is 2.14. The van der Waals surface area contributed by atoms with E-state index in [0.717, 1.165) is 0 Å². The number of carbonyl (C=O) groups excluding carboxylic acids is 1. The lowest BCUT2D eigenvalue weighted by Gasteiger charge is -2.05. The lowest BCUT2D eigenvalue weighted by atomic mass is 10.2. The first-order chi connectivity index (χ1) is 9.19. The number of hydrogen-bond donors (Lipinski definition) is 1. The average molecular weight is 256 g/mol. The molecule has 0 bridgehead atoms. The van der Waals surface area contributed by atoms with Gasteiger partial charge in [-0.15, -0.1) is 10.2 Å². The van der Waals surface area contributed by atoms with Crippen molar-refractivity contribution in [2.75, 3.05) is 5.32 Å². The summed E-state index contributed by atoms with van der Waals surface area (Å²) in [7, 11) is 0. The van der Waals surface area contributed by atoms with Gasteiger partial charge in [-0.3, -0.25) is 4.79 Å². The molecular weight excluding hydrogens is 244 g/mol. The van der Waals surface area contributed by atoms with Crippen molar-refractivity contribution in [2.24, 2.45) is 0 Å². The van der Waals surface area contributed by atoms with Crippen molar-refractivity contribution in [2.45, 2.75) is 19.8 Å². The lowest BCUT2D eigenvalue weighted by molar-refractivity contribution is -0.116. The number of hydrogen-bond acceptors (Lipinski definition) is 5. The summed E-state index contributed by atoms with van der Waals surface area (Å²) in [6, 6.07) is 8.87. The largest absolute Gasteiger partial charge is 0.426 e. The summed E-state index contributed by atoms with van der Waals surface area (Å²) in [5.74, 6) is 0.713. The van der Waals surface area contributed by atoms with Gasteiger partial charge in [-0.1, -0.05) is 12.1 Å². The second kappa shape index (κ2) is 5.78. The fourth-order valence-electron chi connectivity index (χ4n) is 1.56. The van der Waals surface area contributed by atoms with Gasteiger partial charge in [0.1, 0.15) is 6.07 Å². The monoisotopic (exact) mass is 256 g/mol. The van der Waals surface area contributed by atoms with Crippen LogP contribution in [-0.4, -0.2) is 16.1 Å². The molecule has 1 aromatic heterocycles. The predicted octanol–water partition coefficient (Wildman–Crippen LogP) is 1.82. The zero-order valence-electron chi connectivity index (χ0n) is 10.4. The number of para-hydroxylation sites is 1. The minimum Gasteiger partial charge on any atom is -0.426 e. The zero-order chi connectivity index (χ0) is 13.7. The molecule has 2 rings (SSSR count). The Morgan fingerprint density at radius 3 is 2.89 bits per heavy atom. The van der Waals surface area contributed by atoms with E-state index in [2.05, 4.69) is 15.5 Å². The van der Waals surface area contributed by atoms with Gasteiger partial charge in [0.15, 0.2) is 0 Å². The van der Waals surface area contributed by atoms with E-state index >= 15 is 0 Å². The molecular formula is C13H12N4O2. The molecule has 6 nitrogen and oxygen atoms in total. The molecule has 1 aromatic carbocycles. The quantitative estimate of drug-likeness (QED) is 0.900. The molecule has 0 aliphatic heterocycles. The summed E-state index contributed by atoms with van der Waals surface area (Å²) in [4.78, 5) is 11.8. The number of anilines is 1. The number of amides is 1. The van der Waals surface area contributed by atoms with Crippen molar-refractivity contribution in [1.82, 2.24) is 10.2 Å². The number of nitrogens with zero attached hydrogens (tertiary/aromatic N) is 3. The maximum absolute atomic E-state index is 11.8. The Balaban J connectivity index is 1.93. The van der Waals surface area contributed by atoms with Crippen molar-refractivity contribution in [3.8, 4) is 6.07 Å². The molecule has 96 valence electrons. The SMILES string of the molecule is Cc1nnc(CCC(=O)Nc2ccccc2C#N)o1. The van der Waals surface area contributed by atoms with Crippen molar-refractivity contribution >= 4 is 11.6 Å². The van der Waals surface area contributed by atoms with Crippen LogP contribution < -0.4 is 5.32 Å². The van der Waals surface area contributed by atoms with Gasteiger partial charge in [0.25, 0.3) is 0 Å². The van der Waals surface area contributed by atoms with Gasteiger partial charge < -0.3 is 9.73 Å². The molecule has 0 saturated heterocycles. The number of benzene rings is 1. The van der Waals surface area contributed by atoms with E-state index in [-0.39, 0.29) is 12.3 Å². The minimum atomic E-state index is -0.196. The van der Waals surface area contributed by atoms with Crippen molar-refractivity contribution in [3.05, 3.63) is 41.6 Å². The Morgan fingerprint density at radius 1 is 1.42 bits per heavy atom. The highest BCUT2D eigenvalue weighted by atomic mass is 16.4. The van der Waals surface area contributed by atoms with Crippen molar-refractivity contribution < 1.29 is 9.21 Å². The first-order valence-corrected chi connectivity index (χ1v) is 5.77. The molecule has 1 heterocycles. The smallest absolute Gasteiger partial charge is 0.224 e. The molecule has 19 heavy (non-hydrogen) atoms. The highest BCUT2D eigenvalue weighted by Gasteiger charge is 2.09. The lowest BCUT2D eigenvalue weighted by Crippen LogP contribution is -2.13. The van der Waals surface area contributed by atoms with Crippen LogP contribution in [0.5, 0.6) is 0 Å². The van der Waals surface area contributed by atoms with Crippen LogP contribution >= 0.6 is 0 Å². The second-order valence-corrected chi connectivity index (χ2v) is 3.92. The van der Waals surface area contributed by atoms with E-state index in [0.29, 0.717) is 29.5 Å². The van der Waals surface area contributed by atoms with Crippen LogP contribution in [0.2, 0.25) is 0 Å². The number of aromatic nitrogens is 2. The van der Waals surface area contributed by atoms with Gasteiger partial charge in [-0.2, -0.15) is 5.26 Å². The molecule has 0 aliphatic carbocycles. The molecule has 0 spiro atoms. The van der Waals surface area contributed by atoms with E-state index in [4.69, 9.17) is 9.68 Å². The number of rotatable bonds is 4. The Morgan fingerprint density at radius 2 is 2.21 bits per heavy atom. The maximum atomic E-state index is 11.8.